The Balaban J connectivity index is 1.57. The lowest BCUT2D eigenvalue weighted by atomic mass is 9.99. The van der Waals surface area contributed by atoms with Crippen LogP contribution in [0.25, 0.3) is 11.3 Å². The summed E-state index contributed by atoms with van der Waals surface area (Å²) in [5, 5.41) is 12.9. The SMILES string of the molecule is CC1=NCc2nc(-c3ccc(O)cc3F)cc(C(=O)N3C[C@H]4CNC[C@H]4C3)c21. The standard InChI is InChI=1S/C21H21FN4O2/c1-11-20-16(21(28)26-9-12-6-23-7-13(12)10-26)5-18(25-19(20)8-24-11)15-3-2-14(27)4-17(15)22/h2-5,12-13,23,27H,6-10H2,1H3/t12-,13+. The molecule has 3 aliphatic rings. The number of halogens is 1. The number of aliphatic imine (C=N–C) groups is 1. The molecule has 0 spiro atoms. The highest BCUT2D eigenvalue weighted by Gasteiger charge is 2.39. The van der Waals surface area contributed by atoms with E-state index >= 15 is 0 Å². The zero-order valence-corrected chi connectivity index (χ0v) is 15.6. The van der Waals surface area contributed by atoms with Crippen molar-refractivity contribution in [1.82, 2.24) is 15.2 Å². The van der Waals surface area contributed by atoms with Crippen molar-refractivity contribution in [2.24, 2.45) is 16.8 Å². The second-order valence-corrected chi connectivity index (χ2v) is 7.83. The van der Waals surface area contributed by atoms with Crippen LogP contribution in [0, 0.1) is 17.7 Å². The van der Waals surface area contributed by atoms with E-state index in [-0.39, 0.29) is 17.2 Å². The summed E-state index contributed by atoms with van der Waals surface area (Å²) >= 11 is 0. The Labute approximate surface area is 162 Å². The predicted octanol–water partition coefficient (Wildman–Crippen LogP) is 2.21. The minimum Gasteiger partial charge on any atom is -0.508 e. The topological polar surface area (TPSA) is 77.8 Å². The number of phenolic OH excluding ortho intramolecular Hbond substituents is 1. The van der Waals surface area contributed by atoms with Crippen molar-refractivity contribution in [3.63, 3.8) is 0 Å². The van der Waals surface area contributed by atoms with Gasteiger partial charge in [0.1, 0.15) is 11.6 Å². The summed E-state index contributed by atoms with van der Waals surface area (Å²) in [5.41, 5.74) is 3.48. The molecule has 5 rings (SSSR count). The molecule has 0 saturated carbocycles. The molecular weight excluding hydrogens is 359 g/mol. The number of nitrogens with one attached hydrogen (secondary N) is 1. The van der Waals surface area contributed by atoms with Gasteiger partial charge in [0.15, 0.2) is 0 Å². The summed E-state index contributed by atoms with van der Waals surface area (Å²) in [6.45, 7) is 5.66. The number of aromatic nitrogens is 1. The van der Waals surface area contributed by atoms with E-state index in [1.54, 1.807) is 6.07 Å². The number of aromatic hydroxyl groups is 1. The van der Waals surface area contributed by atoms with Gasteiger partial charge >= 0.3 is 0 Å². The molecule has 0 radical (unpaired) electrons. The number of hydrogen-bond donors (Lipinski definition) is 2. The summed E-state index contributed by atoms with van der Waals surface area (Å²) in [6.07, 6.45) is 0. The van der Waals surface area contributed by atoms with Crippen molar-refractivity contribution in [2.75, 3.05) is 26.2 Å². The fourth-order valence-corrected chi connectivity index (χ4v) is 4.60. The zero-order chi connectivity index (χ0) is 19.4. The first-order valence-corrected chi connectivity index (χ1v) is 9.55. The molecule has 144 valence electrons. The van der Waals surface area contributed by atoms with Gasteiger partial charge in [0, 0.05) is 49.1 Å². The maximum Gasteiger partial charge on any atom is 0.254 e. The van der Waals surface area contributed by atoms with E-state index in [0.717, 1.165) is 43.5 Å². The van der Waals surface area contributed by atoms with Gasteiger partial charge in [-0.25, -0.2) is 9.37 Å². The first kappa shape index (κ1) is 17.3. The van der Waals surface area contributed by atoms with Gasteiger partial charge in [0.2, 0.25) is 0 Å². The van der Waals surface area contributed by atoms with E-state index in [4.69, 9.17) is 0 Å². The minimum absolute atomic E-state index is 0.0371. The van der Waals surface area contributed by atoms with Crippen molar-refractivity contribution >= 4 is 11.6 Å². The number of carbonyl (C=O) groups excluding carboxylic acids is 1. The summed E-state index contributed by atoms with van der Waals surface area (Å²) in [6, 6.07) is 5.64. The van der Waals surface area contributed by atoms with Gasteiger partial charge in [-0.15, -0.1) is 0 Å². The van der Waals surface area contributed by atoms with Crippen LogP contribution in [-0.2, 0) is 6.54 Å². The number of pyridine rings is 1. The highest BCUT2D eigenvalue weighted by Crippen LogP contribution is 2.33. The highest BCUT2D eigenvalue weighted by molar-refractivity contribution is 6.11. The molecule has 0 aliphatic carbocycles. The van der Waals surface area contributed by atoms with Crippen molar-refractivity contribution in [3.8, 4) is 17.0 Å². The first-order valence-electron chi connectivity index (χ1n) is 9.55. The fourth-order valence-electron chi connectivity index (χ4n) is 4.60. The Hall–Kier alpha value is -2.80. The Kier molecular flexibility index (Phi) is 3.94. The van der Waals surface area contributed by atoms with Crippen molar-refractivity contribution in [1.29, 1.82) is 0 Å². The van der Waals surface area contributed by atoms with Gasteiger partial charge < -0.3 is 15.3 Å². The van der Waals surface area contributed by atoms with Crippen LogP contribution in [-0.4, -0.2) is 52.8 Å². The van der Waals surface area contributed by atoms with Crippen LogP contribution in [0.1, 0.15) is 28.5 Å². The molecule has 0 bridgehead atoms. The van der Waals surface area contributed by atoms with Crippen LogP contribution >= 0.6 is 0 Å². The number of hydrogen-bond acceptors (Lipinski definition) is 5. The van der Waals surface area contributed by atoms with E-state index < -0.39 is 5.82 Å². The lowest BCUT2D eigenvalue weighted by Gasteiger charge is -2.20. The van der Waals surface area contributed by atoms with Crippen LogP contribution in [0.4, 0.5) is 4.39 Å². The second-order valence-electron chi connectivity index (χ2n) is 7.83. The summed E-state index contributed by atoms with van der Waals surface area (Å²) in [4.78, 5) is 24.3. The van der Waals surface area contributed by atoms with Crippen LogP contribution in [0.5, 0.6) is 5.75 Å². The number of benzene rings is 1. The molecule has 2 aromatic rings. The number of fused-ring (bicyclic) bond motifs is 2. The zero-order valence-electron chi connectivity index (χ0n) is 15.6. The average molecular weight is 380 g/mol. The molecule has 2 fully saturated rings. The van der Waals surface area contributed by atoms with Gasteiger partial charge in [0.25, 0.3) is 5.91 Å². The van der Waals surface area contributed by atoms with Crippen LogP contribution < -0.4 is 5.32 Å². The van der Waals surface area contributed by atoms with Crippen LogP contribution in [0.2, 0.25) is 0 Å². The lowest BCUT2D eigenvalue weighted by molar-refractivity contribution is 0.0781. The summed E-state index contributed by atoms with van der Waals surface area (Å²) in [7, 11) is 0. The molecule has 1 aromatic carbocycles. The van der Waals surface area contributed by atoms with E-state index in [1.807, 2.05) is 11.8 Å². The average Bonchev–Trinajstić information content (AvgIpc) is 3.35. The molecule has 3 aliphatic heterocycles. The van der Waals surface area contributed by atoms with Gasteiger partial charge in [-0.1, -0.05) is 0 Å². The molecule has 2 saturated heterocycles. The normalized spacial score (nSPS) is 22.9. The number of carbonyl (C=O) groups is 1. The second kappa shape index (κ2) is 6.38. The Morgan fingerprint density at radius 1 is 1.25 bits per heavy atom. The monoisotopic (exact) mass is 380 g/mol. The summed E-state index contributed by atoms with van der Waals surface area (Å²) in [5.74, 6) is 0.258. The van der Waals surface area contributed by atoms with Gasteiger partial charge in [0.05, 0.1) is 23.5 Å². The van der Waals surface area contributed by atoms with E-state index in [1.165, 1.54) is 12.1 Å². The Morgan fingerprint density at radius 2 is 2.00 bits per heavy atom. The van der Waals surface area contributed by atoms with Crippen molar-refractivity contribution in [3.05, 3.63) is 46.9 Å². The smallest absolute Gasteiger partial charge is 0.254 e. The van der Waals surface area contributed by atoms with Gasteiger partial charge in [-0.3, -0.25) is 9.79 Å². The fraction of sp³-hybridized carbons (Fsp3) is 0.381. The molecule has 28 heavy (non-hydrogen) atoms. The third kappa shape index (κ3) is 2.69. The maximum absolute atomic E-state index is 14.4. The third-order valence-electron chi connectivity index (χ3n) is 6.06. The quantitative estimate of drug-likeness (QED) is 0.837. The molecule has 4 heterocycles. The molecule has 6 nitrogen and oxygen atoms in total. The van der Waals surface area contributed by atoms with E-state index in [9.17, 15) is 14.3 Å². The predicted molar refractivity (Wildman–Crippen MR) is 103 cm³/mol. The van der Waals surface area contributed by atoms with Crippen LogP contribution in [0.3, 0.4) is 0 Å². The molecule has 0 unspecified atom stereocenters. The lowest BCUT2D eigenvalue weighted by Crippen LogP contribution is -2.33. The number of amides is 1. The maximum atomic E-state index is 14.4. The van der Waals surface area contributed by atoms with Crippen molar-refractivity contribution < 1.29 is 14.3 Å². The minimum atomic E-state index is -0.566. The Bertz CT molecular complexity index is 1010. The van der Waals surface area contributed by atoms with Crippen molar-refractivity contribution in [2.45, 2.75) is 13.5 Å². The molecular formula is C21H21FN4O2. The largest absolute Gasteiger partial charge is 0.508 e. The molecule has 2 atom stereocenters. The molecule has 1 aromatic heterocycles. The third-order valence-corrected chi connectivity index (χ3v) is 6.06. The highest BCUT2D eigenvalue weighted by atomic mass is 19.1. The van der Waals surface area contributed by atoms with Gasteiger partial charge in [-0.05, 0) is 37.0 Å². The molecule has 2 N–H and O–H groups in total. The summed E-state index contributed by atoms with van der Waals surface area (Å²) < 4.78 is 14.4. The Morgan fingerprint density at radius 3 is 2.71 bits per heavy atom. The number of phenols is 1. The number of nitrogens with zero attached hydrogens (tertiary/aromatic N) is 3. The van der Waals surface area contributed by atoms with E-state index in [2.05, 4.69) is 15.3 Å². The first-order chi connectivity index (χ1) is 13.5. The van der Waals surface area contributed by atoms with Gasteiger partial charge in [-0.2, -0.15) is 0 Å². The molecule has 7 heteroatoms. The molecule has 1 amide bonds. The van der Waals surface area contributed by atoms with E-state index in [0.29, 0.717) is 35.3 Å². The number of rotatable bonds is 2. The van der Waals surface area contributed by atoms with Crippen LogP contribution in [0.15, 0.2) is 29.3 Å². The number of likely N-dealkylation sites (tertiary alicyclic amines) is 1.